The average Bonchev–Trinajstić information content (AvgIpc) is 3.32. The summed E-state index contributed by atoms with van der Waals surface area (Å²) in [4.78, 5) is 0. The highest BCUT2D eigenvalue weighted by atomic mass is 16.5. The van der Waals surface area contributed by atoms with E-state index in [1.54, 1.807) is 7.11 Å². The van der Waals surface area contributed by atoms with Crippen molar-refractivity contribution in [3.8, 4) is 11.5 Å². The molecular formula is C17H25NO3. The van der Waals surface area contributed by atoms with Gasteiger partial charge in [-0.15, -0.1) is 0 Å². The Bertz CT molecular complexity index is 475. The van der Waals surface area contributed by atoms with Crippen LogP contribution in [0.3, 0.4) is 0 Å². The largest absolute Gasteiger partial charge is 0.493 e. The molecule has 2 atom stereocenters. The summed E-state index contributed by atoms with van der Waals surface area (Å²) in [6.45, 7) is 0.190. The molecule has 3 rings (SSSR count). The van der Waals surface area contributed by atoms with E-state index in [9.17, 15) is 5.11 Å². The van der Waals surface area contributed by atoms with Crippen LogP contribution in [-0.2, 0) is 0 Å². The lowest BCUT2D eigenvalue weighted by Crippen LogP contribution is -2.54. The minimum Gasteiger partial charge on any atom is -0.493 e. The van der Waals surface area contributed by atoms with Crippen LogP contribution < -0.4 is 14.8 Å². The summed E-state index contributed by atoms with van der Waals surface area (Å²) in [5.74, 6) is 1.57. The highest BCUT2D eigenvalue weighted by Crippen LogP contribution is 2.36. The number of hydrogen-bond acceptors (Lipinski definition) is 4. The summed E-state index contributed by atoms with van der Waals surface area (Å²) in [5, 5.41) is 13.5. The number of hydrogen-bond donors (Lipinski definition) is 2. The third-order valence-corrected chi connectivity index (χ3v) is 4.55. The molecule has 2 N–H and O–H groups in total. The van der Waals surface area contributed by atoms with Gasteiger partial charge in [0.25, 0.3) is 0 Å². The molecule has 0 heterocycles. The quantitative estimate of drug-likeness (QED) is 0.845. The van der Waals surface area contributed by atoms with Gasteiger partial charge >= 0.3 is 0 Å². The summed E-state index contributed by atoms with van der Waals surface area (Å²) >= 11 is 0. The maximum atomic E-state index is 9.86. The molecule has 2 saturated carbocycles. The zero-order valence-electron chi connectivity index (χ0n) is 12.7. The van der Waals surface area contributed by atoms with E-state index in [-0.39, 0.29) is 18.2 Å². The summed E-state index contributed by atoms with van der Waals surface area (Å²) in [7, 11) is 1.66. The van der Waals surface area contributed by atoms with Crippen LogP contribution in [0.15, 0.2) is 24.3 Å². The SMILES string of the molecule is COc1ccccc1OC1CCCC(CO)(NC2CC2)C1. The molecule has 0 amide bonds. The van der Waals surface area contributed by atoms with Crippen LogP contribution in [0, 0.1) is 0 Å². The lowest BCUT2D eigenvalue weighted by Gasteiger charge is -2.40. The van der Waals surface area contributed by atoms with Gasteiger partial charge < -0.3 is 19.9 Å². The van der Waals surface area contributed by atoms with E-state index in [1.165, 1.54) is 12.8 Å². The van der Waals surface area contributed by atoms with Gasteiger partial charge in [0.2, 0.25) is 0 Å². The first-order valence-electron chi connectivity index (χ1n) is 7.93. The molecule has 4 nitrogen and oxygen atoms in total. The van der Waals surface area contributed by atoms with E-state index in [0.717, 1.165) is 37.2 Å². The number of benzene rings is 1. The molecule has 0 bridgehead atoms. The fraction of sp³-hybridized carbons (Fsp3) is 0.647. The maximum Gasteiger partial charge on any atom is 0.161 e. The standard InChI is InChI=1S/C17H25NO3/c1-20-15-6-2-3-7-16(15)21-14-5-4-10-17(11-14,12-19)18-13-8-9-13/h2-3,6-7,13-14,18-19H,4-5,8-12H2,1H3. The van der Waals surface area contributed by atoms with Crippen molar-refractivity contribution in [3.05, 3.63) is 24.3 Å². The molecular weight excluding hydrogens is 266 g/mol. The Hall–Kier alpha value is -1.26. The van der Waals surface area contributed by atoms with Crippen LogP contribution in [-0.4, -0.2) is 36.5 Å². The number of methoxy groups -OCH3 is 1. The van der Waals surface area contributed by atoms with Crippen LogP contribution in [0.5, 0.6) is 11.5 Å². The van der Waals surface area contributed by atoms with E-state index >= 15 is 0 Å². The lowest BCUT2D eigenvalue weighted by molar-refractivity contribution is 0.0485. The van der Waals surface area contributed by atoms with E-state index in [2.05, 4.69) is 5.32 Å². The molecule has 1 aromatic rings. The van der Waals surface area contributed by atoms with Crippen molar-refractivity contribution in [2.24, 2.45) is 0 Å². The molecule has 0 radical (unpaired) electrons. The second-order valence-corrected chi connectivity index (χ2v) is 6.34. The summed E-state index contributed by atoms with van der Waals surface area (Å²) in [5.41, 5.74) is -0.161. The lowest BCUT2D eigenvalue weighted by atomic mass is 9.80. The van der Waals surface area contributed by atoms with E-state index in [0.29, 0.717) is 6.04 Å². The number of rotatable bonds is 6. The molecule has 0 spiro atoms. The van der Waals surface area contributed by atoms with Gasteiger partial charge in [-0.25, -0.2) is 0 Å². The topological polar surface area (TPSA) is 50.7 Å². The average molecular weight is 291 g/mol. The van der Waals surface area contributed by atoms with Gasteiger partial charge in [-0.1, -0.05) is 12.1 Å². The molecule has 1 aromatic carbocycles. The second-order valence-electron chi connectivity index (χ2n) is 6.34. The number of aliphatic hydroxyl groups excluding tert-OH is 1. The van der Waals surface area contributed by atoms with Crippen molar-refractivity contribution >= 4 is 0 Å². The molecule has 4 heteroatoms. The third-order valence-electron chi connectivity index (χ3n) is 4.55. The van der Waals surface area contributed by atoms with Gasteiger partial charge in [-0.05, 0) is 44.2 Å². The van der Waals surface area contributed by atoms with E-state index in [4.69, 9.17) is 9.47 Å². The van der Waals surface area contributed by atoms with Crippen molar-refractivity contribution in [2.75, 3.05) is 13.7 Å². The first kappa shape index (κ1) is 14.7. The van der Waals surface area contributed by atoms with E-state index in [1.807, 2.05) is 24.3 Å². The maximum absolute atomic E-state index is 9.86. The van der Waals surface area contributed by atoms with Crippen LogP contribution in [0.4, 0.5) is 0 Å². The van der Waals surface area contributed by atoms with Gasteiger partial charge in [0.15, 0.2) is 11.5 Å². The van der Waals surface area contributed by atoms with Gasteiger partial charge in [-0.2, -0.15) is 0 Å². The minimum absolute atomic E-state index is 0.133. The Morgan fingerprint density at radius 2 is 2.00 bits per heavy atom. The Balaban J connectivity index is 1.67. The number of nitrogens with one attached hydrogen (secondary N) is 1. The van der Waals surface area contributed by atoms with Crippen LogP contribution in [0.2, 0.25) is 0 Å². The van der Waals surface area contributed by atoms with Crippen molar-refractivity contribution in [1.29, 1.82) is 0 Å². The molecule has 2 unspecified atom stereocenters. The summed E-state index contributed by atoms with van der Waals surface area (Å²) in [6, 6.07) is 8.37. The highest BCUT2D eigenvalue weighted by molar-refractivity contribution is 5.39. The molecule has 0 saturated heterocycles. The van der Waals surface area contributed by atoms with Crippen molar-refractivity contribution in [1.82, 2.24) is 5.32 Å². The van der Waals surface area contributed by atoms with Gasteiger partial charge in [0, 0.05) is 18.0 Å². The fourth-order valence-corrected chi connectivity index (χ4v) is 3.29. The number of aliphatic hydroxyl groups is 1. The Morgan fingerprint density at radius 1 is 1.24 bits per heavy atom. The number of ether oxygens (including phenoxy) is 2. The third kappa shape index (κ3) is 3.50. The minimum atomic E-state index is -0.161. The number of para-hydroxylation sites is 2. The van der Waals surface area contributed by atoms with Crippen LogP contribution in [0.25, 0.3) is 0 Å². The van der Waals surface area contributed by atoms with Crippen LogP contribution in [0.1, 0.15) is 38.5 Å². The molecule has 2 aliphatic rings. The monoisotopic (exact) mass is 291 g/mol. The smallest absolute Gasteiger partial charge is 0.161 e. The Morgan fingerprint density at radius 3 is 2.67 bits per heavy atom. The normalized spacial score (nSPS) is 29.1. The molecule has 116 valence electrons. The van der Waals surface area contributed by atoms with Crippen molar-refractivity contribution in [3.63, 3.8) is 0 Å². The summed E-state index contributed by atoms with van der Waals surface area (Å²) in [6.07, 6.45) is 6.61. The zero-order valence-corrected chi connectivity index (χ0v) is 12.7. The molecule has 0 aliphatic heterocycles. The van der Waals surface area contributed by atoms with Crippen LogP contribution >= 0.6 is 0 Å². The van der Waals surface area contributed by atoms with E-state index < -0.39 is 0 Å². The fourth-order valence-electron chi connectivity index (χ4n) is 3.29. The molecule has 21 heavy (non-hydrogen) atoms. The van der Waals surface area contributed by atoms with Gasteiger partial charge in [0.05, 0.1) is 13.7 Å². The molecule has 0 aromatic heterocycles. The highest BCUT2D eigenvalue weighted by Gasteiger charge is 2.40. The second kappa shape index (κ2) is 6.24. The predicted molar refractivity (Wildman–Crippen MR) is 81.9 cm³/mol. The van der Waals surface area contributed by atoms with Gasteiger partial charge in [-0.3, -0.25) is 0 Å². The first-order chi connectivity index (χ1) is 10.2. The summed E-state index contributed by atoms with van der Waals surface area (Å²) < 4.78 is 11.5. The van der Waals surface area contributed by atoms with Gasteiger partial charge in [0.1, 0.15) is 6.10 Å². The first-order valence-corrected chi connectivity index (χ1v) is 7.93. The Labute approximate surface area is 126 Å². The molecule has 2 fully saturated rings. The Kier molecular flexibility index (Phi) is 4.36. The molecule has 2 aliphatic carbocycles. The van der Waals surface area contributed by atoms with Crippen molar-refractivity contribution in [2.45, 2.75) is 56.2 Å². The predicted octanol–water partition coefficient (Wildman–Crippen LogP) is 2.50. The zero-order chi connectivity index (χ0) is 14.7. The van der Waals surface area contributed by atoms with Crippen molar-refractivity contribution < 1.29 is 14.6 Å².